The third-order valence-electron chi connectivity index (χ3n) is 3.26. The van der Waals surface area contributed by atoms with Crippen LogP contribution in [0.2, 0.25) is 10.2 Å². The van der Waals surface area contributed by atoms with Crippen molar-refractivity contribution in [2.24, 2.45) is 0 Å². The summed E-state index contributed by atoms with van der Waals surface area (Å²) in [4.78, 5) is 8.99. The summed E-state index contributed by atoms with van der Waals surface area (Å²) in [6.07, 6.45) is 0. The van der Waals surface area contributed by atoms with Crippen LogP contribution in [0.15, 0.2) is 36.4 Å². The van der Waals surface area contributed by atoms with E-state index < -0.39 is 0 Å². The van der Waals surface area contributed by atoms with Crippen molar-refractivity contribution in [1.82, 2.24) is 9.97 Å². The fourth-order valence-corrected chi connectivity index (χ4v) is 2.63. The van der Waals surface area contributed by atoms with E-state index in [4.69, 9.17) is 23.2 Å². The van der Waals surface area contributed by atoms with E-state index in [-0.39, 0.29) is 0 Å². The van der Waals surface area contributed by atoms with Gasteiger partial charge in [-0.15, -0.1) is 0 Å². The van der Waals surface area contributed by atoms with E-state index in [0.29, 0.717) is 21.5 Å². The van der Waals surface area contributed by atoms with Gasteiger partial charge >= 0.3 is 0 Å². The zero-order chi connectivity index (χ0) is 14.3. The summed E-state index contributed by atoms with van der Waals surface area (Å²) < 4.78 is 0. The number of hydrogen-bond acceptors (Lipinski definition) is 2. The van der Waals surface area contributed by atoms with Crippen LogP contribution < -0.4 is 0 Å². The number of halogens is 2. The lowest BCUT2D eigenvalue weighted by atomic mass is 10.0. The SMILES string of the molecule is Cc1ccc(C)c(-c2nc(Cl)c3cccc(Cl)c3n2)c1. The molecular formula is C16H12Cl2N2. The van der Waals surface area contributed by atoms with Crippen molar-refractivity contribution in [2.45, 2.75) is 13.8 Å². The number of rotatable bonds is 1. The summed E-state index contributed by atoms with van der Waals surface area (Å²) in [6, 6.07) is 11.7. The minimum Gasteiger partial charge on any atom is -0.226 e. The lowest BCUT2D eigenvalue weighted by Gasteiger charge is -2.09. The summed E-state index contributed by atoms with van der Waals surface area (Å²) in [5.41, 5.74) is 3.93. The first-order valence-corrected chi connectivity index (χ1v) is 7.01. The average Bonchev–Trinajstić information content (AvgIpc) is 2.42. The van der Waals surface area contributed by atoms with E-state index in [1.807, 2.05) is 26.0 Å². The van der Waals surface area contributed by atoms with Crippen molar-refractivity contribution in [3.05, 3.63) is 57.7 Å². The van der Waals surface area contributed by atoms with Crippen molar-refractivity contribution in [2.75, 3.05) is 0 Å². The zero-order valence-electron chi connectivity index (χ0n) is 11.1. The molecule has 0 saturated heterocycles. The van der Waals surface area contributed by atoms with Crippen molar-refractivity contribution >= 4 is 34.1 Å². The Hall–Kier alpha value is -1.64. The Kier molecular flexibility index (Phi) is 3.36. The van der Waals surface area contributed by atoms with Gasteiger partial charge in [0, 0.05) is 10.9 Å². The predicted molar refractivity (Wildman–Crippen MR) is 84.5 cm³/mol. The van der Waals surface area contributed by atoms with Gasteiger partial charge < -0.3 is 0 Å². The van der Waals surface area contributed by atoms with E-state index in [1.165, 1.54) is 0 Å². The van der Waals surface area contributed by atoms with Crippen LogP contribution in [0.5, 0.6) is 0 Å². The second kappa shape index (κ2) is 5.04. The summed E-state index contributed by atoms with van der Waals surface area (Å²) in [6.45, 7) is 4.07. The van der Waals surface area contributed by atoms with Crippen molar-refractivity contribution in [3.63, 3.8) is 0 Å². The Morgan fingerprint density at radius 2 is 1.75 bits per heavy atom. The maximum atomic E-state index is 6.27. The van der Waals surface area contributed by atoms with Crippen LogP contribution in [0, 0.1) is 13.8 Å². The maximum Gasteiger partial charge on any atom is 0.161 e. The van der Waals surface area contributed by atoms with Crippen molar-refractivity contribution in [3.8, 4) is 11.4 Å². The minimum atomic E-state index is 0.424. The van der Waals surface area contributed by atoms with Gasteiger partial charge in [-0.2, -0.15) is 0 Å². The fraction of sp³-hybridized carbons (Fsp3) is 0.125. The minimum absolute atomic E-state index is 0.424. The molecule has 0 aliphatic rings. The quantitative estimate of drug-likeness (QED) is 0.576. The molecule has 3 rings (SSSR count). The van der Waals surface area contributed by atoms with Gasteiger partial charge in [-0.1, -0.05) is 47.0 Å². The predicted octanol–water partition coefficient (Wildman–Crippen LogP) is 5.22. The largest absolute Gasteiger partial charge is 0.226 e. The van der Waals surface area contributed by atoms with Crippen LogP contribution in [0.3, 0.4) is 0 Å². The van der Waals surface area contributed by atoms with Crippen LogP contribution in [0.1, 0.15) is 11.1 Å². The molecule has 0 amide bonds. The standard InChI is InChI=1S/C16H12Cl2N2/c1-9-6-7-10(2)12(8-9)16-19-14-11(15(18)20-16)4-3-5-13(14)17/h3-8H,1-2H3. The number of aryl methyl sites for hydroxylation is 2. The van der Waals surface area contributed by atoms with Gasteiger partial charge in [-0.3, -0.25) is 0 Å². The lowest BCUT2D eigenvalue weighted by Crippen LogP contribution is -1.95. The number of para-hydroxylation sites is 1. The van der Waals surface area contributed by atoms with Crippen LogP contribution in [0.4, 0.5) is 0 Å². The fourth-order valence-electron chi connectivity index (χ4n) is 2.18. The number of benzene rings is 2. The molecule has 0 atom stereocenters. The highest BCUT2D eigenvalue weighted by atomic mass is 35.5. The van der Waals surface area contributed by atoms with Gasteiger partial charge in [0.1, 0.15) is 5.15 Å². The number of nitrogens with zero attached hydrogens (tertiary/aromatic N) is 2. The second-order valence-corrected chi connectivity index (χ2v) is 5.56. The molecular weight excluding hydrogens is 291 g/mol. The molecule has 20 heavy (non-hydrogen) atoms. The first kappa shape index (κ1) is 13.3. The van der Waals surface area contributed by atoms with Crippen molar-refractivity contribution < 1.29 is 0 Å². The highest BCUT2D eigenvalue weighted by molar-refractivity contribution is 6.38. The second-order valence-electron chi connectivity index (χ2n) is 4.79. The smallest absolute Gasteiger partial charge is 0.161 e. The van der Waals surface area contributed by atoms with E-state index in [0.717, 1.165) is 22.1 Å². The molecule has 1 heterocycles. The Morgan fingerprint density at radius 1 is 0.950 bits per heavy atom. The molecule has 0 unspecified atom stereocenters. The Morgan fingerprint density at radius 3 is 2.55 bits per heavy atom. The summed E-state index contributed by atoms with van der Waals surface area (Å²) in [5, 5.41) is 1.78. The average molecular weight is 303 g/mol. The van der Waals surface area contributed by atoms with Crippen LogP contribution in [-0.4, -0.2) is 9.97 Å². The van der Waals surface area contributed by atoms with E-state index in [9.17, 15) is 0 Å². The molecule has 0 spiro atoms. The molecule has 0 bridgehead atoms. The van der Waals surface area contributed by atoms with Gasteiger partial charge in [-0.05, 0) is 37.6 Å². The van der Waals surface area contributed by atoms with E-state index >= 15 is 0 Å². The lowest BCUT2D eigenvalue weighted by molar-refractivity contribution is 1.21. The molecule has 2 aromatic carbocycles. The molecule has 0 radical (unpaired) electrons. The van der Waals surface area contributed by atoms with Crippen LogP contribution in [-0.2, 0) is 0 Å². The molecule has 3 aromatic rings. The third-order valence-corrected chi connectivity index (χ3v) is 3.86. The maximum absolute atomic E-state index is 6.27. The first-order chi connectivity index (χ1) is 9.56. The van der Waals surface area contributed by atoms with E-state index in [2.05, 4.69) is 28.2 Å². The highest BCUT2D eigenvalue weighted by Crippen LogP contribution is 2.30. The summed E-state index contributed by atoms with van der Waals surface area (Å²) >= 11 is 12.5. The van der Waals surface area contributed by atoms with Gasteiger partial charge in [0.15, 0.2) is 5.82 Å². The molecule has 0 fully saturated rings. The molecule has 100 valence electrons. The Balaban J connectivity index is 2.32. The molecule has 4 heteroatoms. The third kappa shape index (κ3) is 2.26. The Labute approximate surface area is 127 Å². The number of aromatic nitrogens is 2. The van der Waals surface area contributed by atoms with Crippen LogP contribution >= 0.6 is 23.2 Å². The van der Waals surface area contributed by atoms with Crippen LogP contribution in [0.25, 0.3) is 22.3 Å². The molecule has 0 saturated carbocycles. The van der Waals surface area contributed by atoms with Gasteiger partial charge in [0.05, 0.1) is 10.5 Å². The zero-order valence-corrected chi connectivity index (χ0v) is 12.6. The van der Waals surface area contributed by atoms with Gasteiger partial charge in [-0.25, -0.2) is 9.97 Å². The molecule has 1 aromatic heterocycles. The normalized spacial score (nSPS) is 11.0. The van der Waals surface area contributed by atoms with E-state index in [1.54, 1.807) is 6.07 Å². The van der Waals surface area contributed by atoms with Crippen molar-refractivity contribution in [1.29, 1.82) is 0 Å². The molecule has 0 aliphatic carbocycles. The van der Waals surface area contributed by atoms with Gasteiger partial charge in [0.2, 0.25) is 0 Å². The molecule has 0 N–H and O–H groups in total. The Bertz CT molecular complexity index is 813. The summed E-state index contributed by atoms with van der Waals surface area (Å²) in [7, 11) is 0. The first-order valence-electron chi connectivity index (χ1n) is 6.25. The number of hydrogen-bond donors (Lipinski definition) is 0. The topological polar surface area (TPSA) is 25.8 Å². The van der Waals surface area contributed by atoms with Gasteiger partial charge in [0.25, 0.3) is 0 Å². The number of fused-ring (bicyclic) bond motifs is 1. The summed E-state index contributed by atoms with van der Waals surface area (Å²) in [5.74, 6) is 0.608. The highest BCUT2D eigenvalue weighted by Gasteiger charge is 2.11. The molecule has 2 nitrogen and oxygen atoms in total. The molecule has 0 aliphatic heterocycles. The monoisotopic (exact) mass is 302 g/mol.